The largest absolute Gasteiger partial charge is 0.494 e. The van der Waals surface area contributed by atoms with Gasteiger partial charge in [0.25, 0.3) is 0 Å². The van der Waals surface area contributed by atoms with Crippen molar-refractivity contribution in [2.75, 3.05) is 13.2 Å². The van der Waals surface area contributed by atoms with E-state index in [-0.39, 0.29) is 11.7 Å². The highest BCUT2D eigenvalue weighted by Gasteiger charge is 2.02. The first-order chi connectivity index (χ1) is 11.2. The number of halogens is 1. The van der Waals surface area contributed by atoms with Gasteiger partial charge in [-0.05, 0) is 61.4 Å². The first-order valence-electron chi connectivity index (χ1n) is 7.91. The van der Waals surface area contributed by atoms with Gasteiger partial charge in [-0.25, -0.2) is 4.39 Å². The van der Waals surface area contributed by atoms with Crippen LogP contribution in [0.25, 0.3) is 0 Å². The minimum Gasteiger partial charge on any atom is -0.494 e. The zero-order chi connectivity index (χ0) is 16.3. The van der Waals surface area contributed by atoms with Gasteiger partial charge >= 0.3 is 0 Å². The fourth-order valence-corrected chi connectivity index (χ4v) is 2.89. The summed E-state index contributed by atoms with van der Waals surface area (Å²) >= 11 is 1.73. The van der Waals surface area contributed by atoms with Crippen molar-refractivity contribution in [3.05, 3.63) is 52.5 Å². The van der Waals surface area contributed by atoms with Gasteiger partial charge < -0.3 is 10.1 Å². The average molecular weight is 335 g/mol. The molecule has 2 aromatic rings. The topological polar surface area (TPSA) is 38.3 Å². The van der Waals surface area contributed by atoms with Crippen LogP contribution in [-0.2, 0) is 11.2 Å². The van der Waals surface area contributed by atoms with E-state index in [2.05, 4.69) is 16.8 Å². The Hall–Kier alpha value is -1.88. The van der Waals surface area contributed by atoms with Crippen molar-refractivity contribution in [2.24, 2.45) is 0 Å². The lowest BCUT2D eigenvalue weighted by Gasteiger charge is -2.07. The standard InChI is InChI=1S/C18H22FNO2S/c19-15-8-10-16(11-9-15)22-13-2-1-12-20-18(21)7-3-5-17-6-4-14-23-17/h4,6,8-11,14H,1-3,5,7,12-13H2,(H,20,21). The predicted molar refractivity (Wildman–Crippen MR) is 91.4 cm³/mol. The monoisotopic (exact) mass is 335 g/mol. The molecule has 5 heteroatoms. The second kappa shape index (κ2) is 10.0. The molecule has 0 saturated heterocycles. The smallest absolute Gasteiger partial charge is 0.220 e. The second-order valence-corrected chi connectivity index (χ2v) is 6.32. The fourth-order valence-electron chi connectivity index (χ4n) is 2.14. The third-order valence-electron chi connectivity index (χ3n) is 3.38. The van der Waals surface area contributed by atoms with Crippen LogP contribution in [0.5, 0.6) is 5.75 Å². The Morgan fingerprint density at radius 3 is 2.70 bits per heavy atom. The van der Waals surface area contributed by atoms with Crippen molar-refractivity contribution in [1.29, 1.82) is 0 Å². The van der Waals surface area contributed by atoms with E-state index < -0.39 is 0 Å². The molecule has 0 saturated carbocycles. The zero-order valence-corrected chi connectivity index (χ0v) is 13.9. The lowest BCUT2D eigenvalue weighted by Crippen LogP contribution is -2.24. The number of rotatable bonds is 10. The number of ether oxygens (including phenoxy) is 1. The van der Waals surface area contributed by atoms with Crippen LogP contribution in [0.3, 0.4) is 0 Å². The van der Waals surface area contributed by atoms with Crippen molar-refractivity contribution in [1.82, 2.24) is 5.32 Å². The van der Waals surface area contributed by atoms with Crippen LogP contribution >= 0.6 is 11.3 Å². The molecule has 0 bridgehead atoms. The molecule has 0 aliphatic rings. The molecule has 0 unspecified atom stereocenters. The first kappa shape index (κ1) is 17.5. The molecule has 0 aliphatic carbocycles. The Kier molecular flexibility index (Phi) is 7.60. The number of carbonyl (C=O) groups is 1. The Morgan fingerprint density at radius 2 is 1.96 bits per heavy atom. The van der Waals surface area contributed by atoms with E-state index in [9.17, 15) is 9.18 Å². The van der Waals surface area contributed by atoms with Crippen LogP contribution in [0, 0.1) is 5.82 Å². The van der Waals surface area contributed by atoms with Crippen LogP contribution in [-0.4, -0.2) is 19.1 Å². The summed E-state index contributed by atoms with van der Waals surface area (Å²) in [6, 6.07) is 10.1. The van der Waals surface area contributed by atoms with E-state index in [1.807, 2.05) is 6.07 Å². The summed E-state index contributed by atoms with van der Waals surface area (Å²) in [5.41, 5.74) is 0. The summed E-state index contributed by atoms with van der Waals surface area (Å²) in [7, 11) is 0. The molecule has 1 heterocycles. The summed E-state index contributed by atoms with van der Waals surface area (Å²) in [6.07, 6.45) is 4.16. The van der Waals surface area contributed by atoms with Crippen LogP contribution in [0.1, 0.15) is 30.6 Å². The summed E-state index contributed by atoms with van der Waals surface area (Å²) in [5, 5.41) is 4.99. The highest BCUT2D eigenvalue weighted by Crippen LogP contribution is 2.12. The fraction of sp³-hybridized carbons (Fsp3) is 0.389. The molecule has 3 nitrogen and oxygen atoms in total. The molecule has 1 N–H and O–H groups in total. The van der Waals surface area contributed by atoms with Gasteiger partial charge in [0, 0.05) is 17.8 Å². The maximum absolute atomic E-state index is 12.7. The van der Waals surface area contributed by atoms with Crippen LogP contribution < -0.4 is 10.1 Å². The normalized spacial score (nSPS) is 10.5. The lowest BCUT2D eigenvalue weighted by atomic mass is 10.2. The van der Waals surface area contributed by atoms with Crippen molar-refractivity contribution in [3.8, 4) is 5.75 Å². The molecule has 1 amide bonds. The van der Waals surface area contributed by atoms with Crippen molar-refractivity contribution in [3.63, 3.8) is 0 Å². The molecular formula is C18H22FNO2S. The summed E-state index contributed by atoms with van der Waals surface area (Å²) < 4.78 is 18.2. The summed E-state index contributed by atoms with van der Waals surface area (Å²) in [6.45, 7) is 1.24. The van der Waals surface area contributed by atoms with Crippen molar-refractivity contribution in [2.45, 2.75) is 32.1 Å². The first-order valence-corrected chi connectivity index (χ1v) is 8.79. The molecule has 0 aliphatic heterocycles. The molecule has 0 spiro atoms. The molecule has 124 valence electrons. The lowest BCUT2D eigenvalue weighted by molar-refractivity contribution is -0.121. The summed E-state index contributed by atoms with van der Waals surface area (Å²) in [5.74, 6) is 0.518. The number of thiophene rings is 1. The Labute approximate surface area is 140 Å². The minimum absolute atomic E-state index is 0.112. The third-order valence-corrected chi connectivity index (χ3v) is 4.32. The highest BCUT2D eigenvalue weighted by molar-refractivity contribution is 7.09. The van der Waals surface area contributed by atoms with E-state index in [4.69, 9.17) is 4.74 Å². The number of nitrogens with one attached hydrogen (secondary N) is 1. The maximum Gasteiger partial charge on any atom is 0.220 e. The van der Waals surface area contributed by atoms with Gasteiger partial charge in [-0.2, -0.15) is 0 Å². The highest BCUT2D eigenvalue weighted by atomic mass is 32.1. The van der Waals surface area contributed by atoms with E-state index in [0.717, 1.165) is 25.7 Å². The zero-order valence-electron chi connectivity index (χ0n) is 13.1. The van der Waals surface area contributed by atoms with Crippen LogP contribution in [0.4, 0.5) is 4.39 Å². The quantitative estimate of drug-likeness (QED) is 0.661. The number of aryl methyl sites for hydroxylation is 1. The molecular weight excluding hydrogens is 313 g/mol. The third kappa shape index (κ3) is 7.28. The molecule has 0 radical (unpaired) electrons. The van der Waals surface area contributed by atoms with E-state index in [0.29, 0.717) is 25.3 Å². The van der Waals surface area contributed by atoms with Crippen molar-refractivity contribution >= 4 is 17.2 Å². The van der Waals surface area contributed by atoms with Gasteiger partial charge in [0.2, 0.25) is 5.91 Å². The number of benzene rings is 1. The van der Waals surface area contributed by atoms with Crippen molar-refractivity contribution < 1.29 is 13.9 Å². The van der Waals surface area contributed by atoms with E-state index in [1.54, 1.807) is 23.5 Å². The van der Waals surface area contributed by atoms with Crippen LogP contribution in [0.15, 0.2) is 41.8 Å². The Bertz CT molecular complexity index is 569. The van der Waals surface area contributed by atoms with E-state index >= 15 is 0 Å². The van der Waals surface area contributed by atoms with Gasteiger partial charge in [0.05, 0.1) is 6.61 Å². The number of hydrogen-bond acceptors (Lipinski definition) is 3. The molecule has 2 rings (SSSR count). The maximum atomic E-state index is 12.7. The van der Waals surface area contributed by atoms with Gasteiger partial charge in [0.1, 0.15) is 11.6 Å². The number of carbonyl (C=O) groups excluding carboxylic acids is 1. The number of hydrogen-bond donors (Lipinski definition) is 1. The minimum atomic E-state index is -0.265. The van der Waals surface area contributed by atoms with Gasteiger partial charge in [-0.1, -0.05) is 6.07 Å². The predicted octanol–water partition coefficient (Wildman–Crippen LogP) is 4.19. The Morgan fingerprint density at radius 1 is 1.13 bits per heavy atom. The average Bonchev–Trinajstić information content (AvgIpc) is 3.06. The van der Waals surface area contributed by atoms with Crippen LogP contribution in [0.2, 0.25) is 0 Å². The molecule has 0 atom stereocenters. The molecule has 1 aromatic carbocycles. The number of amides is 1. The van der Waals surface area contributed by atoms with Gasteiger partial charge in [-0.15, -0.1) is 11.3 Å². The van der Waals surface area contributed by atoms with E-state index in [1.165, 1.54) is 17.0 Å². The molecule has 1 aromatic heterocycles. The van der Waals surface area contributed by atoms with Gasteiger partial charge in [-0.3, -0.25) is 4.79 Å². The number of unbranched alkanes of at least 4 members (excludes halogenated alkanes) is 1. The second-order valence-electron chi connectivity index (χ2n) is 5.29. The Balaban J connectivity index is 1.45. The van der Waals surface area contributed by atoms with Gasteiger partial charge in [0.15, 0.2) is 0 Å². The summed E-state index contributed by atoms with van der Waals surface area (Å²) in [4.78, 5) is 13.0. The molecule has 0 fully saturated rings. The molecule has 23 heavy (non-hydrogen) atoms. The SMILES string of the molecule is O=C(CCCc1cccs1)NCCCCOc1ccc(F)cc1.